The normalized spacial score (nSPS) is 30.3. The molecule has 1 unspecified atom stereocenters. The highest BCUT2D eigenvalue weighted by molar-refractivity contribution is 5.25. The smallest absolute Gasteiger partial charge is 0.174 e. The van der Waals surface area contributed by atoms with Gasteiger partial charge in [0.2, 0.25) is 0 Å². The molecule has 1 aliphatic heterocycles. The van der Waals surface area contributed by atoms with E-state index in [1.807, 2.05) is 35.2 Å². The van der Waals surface area contributed by atoms with E-state index in [0.717, 1.165) is 24.9 Å². The highest BCUT2D eigenvalue weighted by atomic mass is 19.1. The molecule has 0 spiro atoms. The average Bonchev–Trinajstić information content (AvgIpc) is 2.87. The number of halogens is 1. The fourth-order valence-electron chi connectivity index (χ4n) is 1.85. The van der Waals surface area contributed by atoms with E-state index in [0.29, 0.717) is 0 Å². The van der Waals surface area contributed by atoms with Crippen molar-refractivity contribution in [3.05, 3.63) is 35.9 Å². The largest absolute Gasteiger partial charge is 0.261 e. The van der Waals surface area contributed by atoms with Gasteiger partial charge in [0.1, 0.15) is 0 Å². The molecule has 0 aromatic heterocycles. The van der Waals surface area contributed by atoms with Gasteiger partial charge in [-0.2, -0.15) is 0 Å². The molecule has 0 amide bonds. The molecule has 2 heteroatoms. The van der Waals surface area contributed by atoms with Crippen molar-refractivity contribution >= 4 is 0 Å². The lowest BCUT2D eigenvalue weighted by atomic mass is 10.1. The van der Waals surface area contributed by atoms with Crippen LogP contribution in [0.1, 0.15) is 31.4 Å². The zero-order chi connectivity index (χ0) is 9.97. The number of hydrogen-bond acceptors (Lipinski definition) is 1. The summed E-state index contributed by atoms with van der Waals surface area (Å²) in [6.45, 7) is 3.02. The first kappa shape index (κ1) is 9.66. The second-order valence-electron chi connectivity index (χ2n) is 3.82. The summed E-state index contributed by atoms with van der Waals surface area (Å²) >= 11 is 0. The maximum Gasteiger partial charge on any atom is 0.174 e. The van der Waals surface area contributed by atoms with Crippen molar-refractivity contribution in [1.82, 2.24) is 4.90 Å². The van der Waals surface area contributed by atoms with Gasteiger partial charge in [-0.1, -0.05) is 43.7 Å². The summed E-state index contributed by atoms with van der Waals surface area (Å²) in [5.74, 6) is 0. The van der Waals surface area contributed by atoms with Gasteiger partial charge in [0.15, 0.2) is 6.30 Å². The Kier molecular flexibility index (Phi) is 2.82. The summed E-state index contributed by atoms with van der Waals surface area (Å²) in [5, 5.41) is 0. The van der Waals surface area contributed by atoms with Crippen LogP contribution < -0.4 is 0 Å². The van der Waals surface area contributed by atoms with Gasteiger partial charge in [-0.3, -0.25) is 4.90 Å². The van der Waals surface area contributed by atoms with Crippen molar-refractivity contribution in [1.29, 1.82) is 0 Å². The molecule has 1 nitrogen and oxygen atoms in total. The summed E-state index contributed by atoms with van der Waals surface area (Å²) in [6.07, 6.45) is 1.47. The minimum Gasteiger partial charge on any atom is -0.261 e. The van der Waals surface area contributed by atoms with E-state index in [4.69, 9.17) is 0 Å². The Labute approximate surface area is 84.5 Å². The second kappa shape index (κ2) is 4.09. The van der Waals surface area contributed by atoms with Crippen molar-refractivity contribution in [3.63, 3.8) is 0 Å². The number of nitrogens with zero attached hydrogens (tertiary/aromatic N) is 1. The molecule has 76 valence electrons. The number of rotatable bonds is 4. The monoisotopic (exact) mass is 193 g/mol. The number of benzene rings is 1. The SMILES string of the molecule is CCCCN1[C@H](c2ccccc2)[C@@H]1F. The maximum atomic E-state index is 13.4. The van der Waals surface area contributed by atoms with Gasteiger partial charge in [-0.15, -0.1) is 0 Å². The highest BCUT2D eigenvalue weighted by Gasteiger charge is 2.48. The summed E-state index contributed by atoms with van der Waals surface area (Å²) in [6, 6.07) is 9.95. The fraction of sp³-hybridized carbons (Fsp3) is 0.500. The zero-order valence-corrected chi connectivity index (χ0v) is 8.49. The quantitative estimate of drug-likeness (QED) is 0.524. The Hall–Kier alpha value is -0.890. The lowest BCUT2D eigenvalue weighted by Crippen LogP contribution is -2.01. The average molecular weight is 193 g/mol. The summed E-state index contributed by atoms with van der Waals surface area (Å²) in [7, 11) is 0. The van der Waals surface area contributed by atoms with Gasteiger partial charge in [0.05, 0.1) is 6.04 Å². The van der Waals surface area contributed by atoms with Crippen LogP contribution in [-0.2, 0) is 0 Å². The fourth-order valence-corrected chi connectivity index (χ4v) is 1.85. The van der Waals surface area contributed by atoms with Crippen LogP contribution >= 0.6 is 0 Å². The summed E-state index contributed by atoms with van der Waals surface area (Å²) in [4.78, 5) is 1.92. The van der Waals surface area contributed by atoms with E-state index >= 15 is 0 Å². The first-order valence-electron chi connectivity index (χ1n) is 5.29. The molecule has 0 bridgehead atoms. The van der Waals surface area contributed by atoms with Crippen molar-refractivity contribution in [2.75, 3.05) is 6.54 Å². The molecular weight excluding hydrogens is 177 g/mol. The maximum absolute atomic E-state index is 13.4. The molecule has 1 aromatic rings. The number of alkyl halides is 1. The van der Waals surface area contributed by atoms with Gasteiger partial charge in [-0.25, -0.2) is 4.39 Å². The molecule has 1 aliphatic rings. The Balaban J connectivity index is 1.95. The minimum absolute atomic E-state index is 0.0303. The van der Waals surface area contributed by atoms with E-state index in [9.17, 15) is 4.39 Å². The Morgan fingerprint density at radius 3 is 2.64 bits per heavy atom. The molecule has 1 fully saturated rings. The van der Waals surface area contributed by atoms with Gasteiger partial charge >= 0.3 is 0 Å². The third-order valence-electron chi connectivity index (χ3n) is 2.76. The van der Waals surface area contributed by atoms with Crippen LogP contribution in [0.15, 0.2) is 30.3 Å². The van der Waals surface area contributed by atoms with Crippen molar-refractivity contribution in [2.45, 2.75) is 32.1 Å². The Morgan fingerprint density at radius 1 is 1.29 bits per heavy atom. The number of unbranched alkanes of at least 4 members (excludes halogenated alkanes) is 1. The van der Waals surface area contributed by atoms with Crippen LogP contribution in [0.2, 0.25) is 0 Å². The topological polar surface area (TPSA) is 3.01 Å². The van der Waals surface area contributed by atoms with Gasteiger partial charge < -0.3 is 0 Å². The third-order valence-corrected chi connectivity index (χ3v) is 2.76. The predicted octanol–water partition coefficient (Wildman–Crippen LogP) is 3.14. The van der Waals surface area contributed by atoms with Crippen LogP contribution in [0.4, 0.5) is 4.39 Å². The molecule has 0 N–H and O–H groups in total. The van der Waals surface area contributed by atoms with Gasteiger partial charge in [0, 0.05) is 6.54 Å². The standard InChI is InChI=1S/C12H16FN/c1-2-3-9-14-11(12(14)13)10-7-5-4-6-8-10/h4-8,11-12H,2-3,9H2,1H3/t11-,12-,14?/m1/s1. The first-order chi connectivity index (χ1) is 6.84. The van der Waals surface area contributed by atoms with Crippen LogP contribution in [0.25, 0.3) is 0 Å². The van der Waals surface area contributed by atoms with Crippen molar-refractivity contribution < 1.29 is 4.39 Å². The van der Waals surface area contributed by atoms with Crippen LogP contribution in [0, 0.1) is 0 Å². The number of hydrogen-bond donors (Lipinski definition) is 0. The zero-order valence-electron chi connectivity index (χ0n) is 8.49. The first-order valence-corrected chi connectivity index (χ1v) is 5.29. The van der Waals surface area contributed by atoms with Gasteiger partial charge in [-0.05, 0) is 12.0 Å². The molecule has 1 heterocycles. The van der Waals surface area contributed by atoms with E-state index in [2.05, 4.69) is 6.92 Å². The third kappa shape index (κ3) is 1.80. The predicted molar refractivity (Wildman–Crippen MR) is 55.7 cm³/mol. The van der Waals surface area contributed by atoms with Crippen LogP contribution in [-0.4, -0.2) is 17.7 Å². The van der Waals surface area contributed by atoms with Gasteiger partial charge in [0.25, 0.3) is 0 Å². The second-order valence-corrected chi connectivity index (χ2v) is 3.82. The molecule has 1 saturated heterocycles. The lowest BCUT2D eigenvalue weighted by Gasteiger charge is -2.00. The molecule has 0 aliphatic carbocycles. The molecule has 3 atom stereocenters. The summed E-state index contributed by atoms with van der Waals surface area (Å²) in [5.41, 5.74) is 1.11. The highest BCUT2D eigenvalue weighted by Crippen LogP contribution is 2.43. The van der Waals surface area contributed by atoms with E-state index in [1.54, 1.807) is 0 Å². The molecule has 0 saturated carbocycles. The van der Waals surface area contributed by atoms with E-state index in [1.165, 1.54) is 0 Å². The Bertz CT molecular complexity index is 286. The lowest BCUT2D eigenvalue weighted by molar-refractivity contribution is 0.344. The van der Waals surface area contributed by atoms with Crippen molar-refractivity contribution in [2.24, 2.45) is 0 Å². The molecule has 0 radical (unpaired) electrons. The summed E-state index contributed by atoms with van der Waals surface area (Å²) < 4.78 is 13.4. The molecular formula is C12H16FN. The Morgan fingerprint density at radius 2 is 2.00 bits per heavy atom. The molecule has 2 rings (SSSR count). The molecule has 14 heavy (non-hydrogen) atoms. The molecule has 1 aromatic carbocycles. The van der Waals surface area contributed by atoms with E-state index < -0.39 is 6.30 Å². The van der Waals surface area contributed by atoms with E-state index in [-0.39, 0.29) is 6.04 Å². The van der Waals surface area contributed by atoms with Crippen molar-refractivity contribution in [3.8, 4) is 0 Å². The van der Waals surface area contributed by atoms with Crippen LogP contribution in [0.5, 0.6) is 0 Å². The minimum atomic E-state index is -0.746. The van der Waals surface area contributed by atoms with Crippen LogP contribution in [0.3, 0.4) is 0 Å².